The molecule has 0 aromatic carbocycles. The number of hydrogen-bond donors (Lipinski definition) is 0. The van der Waals surface area contributed by atoms with Gasteiger partial charge in [-0.3, -0.25) is 4.98 Å². The molecule has 0 radical (unpaired) electrons. The molecule has 0 saturated heterocycles. The van der Waals surface area contributed by atoms with E-state index in [0.717, 1.165) is 39.8 Å². The molecule has 1 aliphatic rings. The van der Waals surface area contributed by atoms with Crippen LogP contribution in [-0.4, -0.2) is 51.6 Å². The maximum absolute atomic E-state index is 4.97. The van der Waals surface area contributed by atoms with E-state index in [2.05, 4.69) is 25.3 Å². The predicted octanol–water partition coefficient (Wildman–Crippen LogP) is 2.56. The van der Waals surface area contributed by atoms with Crippen LogP contribution in [0.15, 0.2) is 29.7 Å². The van der Waals surface area contributed by atoms with Crippen LogP contribution in [0.2, 0.25) is 0 Å². The zero-order valence-corrected chi connectivity index (χ0v) is 15.5. The molecule has 9 heteroatoms. The highest BCUT2D eigenvalue weighted by molar-refractivity contribution is 7.18. The van der Waals surface area contributed by atoms with Crippen LogP contribution in [0.5, 0.6) is 0 Å². The number of pyridine rings is 1. The molecule has 26 heavy (non-hydrogen) atoms. The molecule has 0 amide bonds. The van der Waals surface area contributed by atoms with E-state index in [1.165, 1.54) is 18.4 Å². The minimum absolute atomic E-state index is 0.549. The van der Waals surface area contributed by atoms with Crippen molar-refractivity contribution < 1.29 is 4.84 Å². The van der Waals surface area contributed by atoms with Crippen molar-refractivity contribution in [3.05, 3.63) is 35.9 Å². The molecular formula is C17H17N7OS. The molecule has 0 spiro atoms. The summed E-state index contributed by atoms with van der Waals surface area (Å²) in [6.45, 7) is 2.75. The minimum atomic E-state index is 0.549. The zero-order valence-electron chi connectivity index (χ0n) is 14.7. The Bertz CT molecular complexity index is 970. The molecule has 132 valence electrons. The first kappa shape index (κ1) is 16.5. The fourth-order valence-electron chi connectivity index (χ4n) is 2.78. The van der Waals surface area contributed by atoms with E-state index in [9.17, 15) is 0 Å². The predicted molar refractivity (Wildman–Crippen MR) is 100 cm³/mol. The topological polar surface area (TPSA) is 89.3 Å². The third-order valence-electron chi connectivity index (χ3n) is 4.10. The molecule has 1 aliphatic heterocycles. The van der Waals surface area contributed by atoms with Crippen LogP contribution in [0.3, 0.4) is 0 Å². The summed E-state index contributed by atoms with van der Waals surface area (Å²) in [5, 5.41) is 13.7. The Labute approximate surface area is 154 Å². The lowest BCUT2D eigenvalue weighted by molar-refractivity contribution is 0.212. The van der Waals surface area contributed by atoms with Gasteiger partial charge in [0.15, 0.2) is 11.6 Å². The van der Waals surface area contributed by atoms with Crippen LogP contribution in [0, 0.1) is 6.92 Å². The molecule has 0 fully saturated rings. The van der Waals surface area contributed by atoms with Crippen LogP contribution in [0.25, 0.3) is 21.3 Å². The molecule has 0 atom stereocenters. The van der Waals surface area contributed by atoms with Gasteiger partial charge in [-0.1, -0.05) is 5.16 Å². The molecule has 3 aromatic rings. The van der Waals surface area contributed by atoms with Crippen LogP contribution >= 0.6 is 11.3 Å². The fourth-order valence-corrected chi connectivity index (χ4v) is 3.77. The van der Waals surface area contributed by atoms with Crippen molar-refractivity contribution in [3.8, 4) is 21.3 Å². The van der Waals surface area contributed by atoms with Crippen LogP contribution in [-0.2, 0) is 4.84 Å². The van der Waals surface area contributed by atoms with Crippen LogP contribution < -0.4 is 4.90 Å². The number of thiazole rings is 1. The molecule has 4 rings (SSSR count). The highest BCUT2D eigenvalue weighted by Crippen LogP contribution is 2.34. The lowest BCUT2D eigenvalue weighted by Crippen LogP contribution is -2.31. The van der Waals surface area contributed by atoms with Crippen LogP contribution in [0.4, 0.5) is 5.82 Å². The smallest absolute Gasteiger partial charge is 0.194 e. The first-order valence-corrected chi connectivity index (χ1v) is 8.93. The van der Waals surface area contributed by atoms with Crippen molar-refractivity contribution in [2.24, 2.45) is 5.16 Å². The lowest BCUT2D eigenvalue weighted by atomic mass is 10.1. The lowest BCUT2D eigenvalue weighted by Gasteiger charge is -2.25. The first-order chi connectivity index (χ1) is 12.7. The van der Waals surface area contributed by atoms with Gasteiger partial charge in [-0.15, -0.1) is 21.5 Å². The van der Waals surface area contributed by atoms with Crippen molar-refractivity contribution in [2.75, 3.05) is 25.6 Å². The fraction of sp³-hybridized carbons (Fsp3) is 0.294. The highest BCUT2D eigenvalue weighted by atomic mass is 32.1. The standard InChI is InChI=1S/C17H17N7OS/c1-10-14(26-17(19-10)11-5-4-7-18-9-11)15-20-13-12(23-25-3)6-8-24(2)16(13)22-21-15/h4-5,7,9H,6,8H2,1-3H3. The Kier molecular flexibility index (Phi) is 4.29. The van der Waals surface area contributed by atoms with E-state index in [4.69, 9.17) is 9.82 Å². The van der Waals surface area contributed by atoms with E-state index >= 15 is 0 Å². The van der Waals surface area contributed by atoms with E-state index in [-0.39, 0.29) is 0 Å². The summed E-state index contributed by atoms with van der Waals surface area (Å²) in [6, 6.07) is 3.88. The van der Waals surface area contributed by atoms with Gasteiger partial charge in [0.25, 0.3) is 0 Å². The average molecular weight is 367 g/mol. The second kappa shape index (κ2) is 6.75. The summed E-state index contributed by atoms with van der Waals surface area (Å²) in [7, 11) is 3.50. The van der Waals surface area contributed by atoms with E-state index in [0.29, 0.717) is 17.3 Å². The molecule has 0 N–H and O–H groups in total. The SMILES string of the molecule is CON=C1CCN(C)c2nnc(-c3sc(-c4cccnc4)nc3C)nc21. The van der Waals surface area contributed by atoms with Gasteiger partial charge in [0, 0.05) is 38.0 Å². The van der Waals surface area contributed by atoms with Gasteiger partial charge >= 0.3 is 0 Å². The van der Waals surface area contributed by atoms with Gasteiger partial charge in [0.2, 0.25) is 0 Å². The second-order valence-corrected chi connectivity index (χ2v) is 6.87. The second-order valence-electron chi connectivity index (χ2n) is 5.87. The Morgan fingerprint density at radius 2 is 2.15 bits per heavy atom. The molecule has 4 heterocycles. The van der Waals surface area contributed by atoms with Gasteiger partial charge < -0.3 is 9.74 Å². The molecule has 0 saturated carbocycles. The average Bonchev–Trinajstić information content (AvgIpc) is 3.06. The van der Waals surface area contributed by atoms with Crippen molar-refractivity contribution >= 4 is 22.9 Å². The maximum Gasteiger partial charge on any atom is 0.194 e. The normalized spacial score (nSPS) is 15.2. The van der Waals surface area contributed by atoms with Crippen molar-refractivity contribution in [1.82, 2.24) is 25.1 Å². The molecule has 0 bridgehead atoms. The van der Waals surface area contributed by atoms with Gasteiger partial charge in [0.05, 0.1) is 10.6 Å². The quantitative estimate of drug-likeness (QED) is 0.657. The van der Waals surface area contributed by atoms with Gasteiger partial charge in [0.1, 0.15) is 23.5 Å². The molecule has 0 aliphatic carbocycles. The summed E-state index contributed by atoms with van der Waals surface area (Å²) in [4.78, 5) is 21.4. The summed E-state index contributed by atoms with van der Waals surface area (Å²) >= 11 is 1.53. The number of oxime groups is 1. The highest BCUT2D eigenvalue weighted by Gasteiger charge is 2.25. The van der Waals surface area contributed by atoms with E-state index in [1.54, 1.807) is 12.4 Å². The summed E-state index contributed by atoms with van der Waals surface area (Å²) in [5.74, 6) is 1.26. The Hall–Kier alpha value is -2.94. The largest absolute Gasteiger partial charge is 0.399 e. The zero-order chi connectivity index (χ0) is 18.1. The molecule has 0 unspecified atom stereocenters. The van der Waals surface area contributed by atoms with Gasteiger partial charge in [-0.2, -0.15) is 0 Å². The Morgan fingerprint density at radius 1 is 1.27 bits per heavy atom. The Balaban J connectivity index is 1.79. The third-order valence-corrected chi connectivity index (χ3v) is 5.30. The monoisotopic (exact) mass is 367 g/mol. The van der Waals surface area contributed by atoms with E-state index in [1.807, 2.05) is 31.0 Å². The number of anilines is 1. The van der Waals surface area contributed by atoms with Crippen LogP contribution in [0.1, 0.15) is 17.8 Å². The number of aryl methyl sites for hydroxylation is 1. The number of hydrogen-bond acceptors (Lipinski definition) is 9. The molecule has 3 aromatic heterocycles. The summed E-state index contributed by atoms with van der Waals surface area (Å²) in [5.41, 5.74) is 3.33. The number of rotatable bonds is 3. The van der Waals surface area contributed by atoms with Gasteiger partial charge in [-0.05, 0) is 19.1 Å². The molecular weight excluding hydrogens is 350 g/mol. The van der Waals surface area contributed by atoms with Crippen molar-refractivity contribution in [3.63, 3.8) is 0 Å². The maximum atomic E-state index is 4.97. The Morgan fingerprint density at radius 3 is 2.92 bits per heavy atom. The van der Waals surface area contributed by atoms with Crippen molar-refractivity contribution in [2.45, 2.75) is 13.3 Å². The third kappa shape index (κ3) is 2.90. The van der Waals surface area contributed by atoms with Crippen molar-refractivity contribution in [1.29, 1.82) is 0 Å². The summed E-state index contributed by atoms with van der Waals surface area (Å²) in [6.07, 6.45) is 4.29. The first-order valence-electron chi connectivity index (χ1n) is 8.12. The number of nitrogens with zero attached hydrogens (tertiary/aromatic N) is 7. The van der Waals surface area contributed by atoms with Gasteiger partial charge in [-0.25, -0.2) is 9.97 Å². The molecule has 8 nitrogen and oxygen atoms in total. The van der Waals surface area contributed by atoms with E-state index < -0.39 is 0 Å². The number of fused-ring (bicyclic) bond motifs is 1. The summed E-state index contributed by atoms with van der Waals surface area (Å²) < 4.78 is 0. The number of aromatic nitrogens is 5. The minimum Gasteiger partial charge on any atom is -0.399 e.